The quantitative estimate of drug-likeness (QED) is 0.368. The molecule has 0 radical (unpaired) electrons. The zero-order chi connectivity index (χ0) is 25.4. The van der Waals surface area contributed by atoms with Crippen LogP contribution in [0, 0.1) is 27.6 Å². The van der Waals surface area contributed by atoms with Crippen LogP contribution in [0.1, 0.15) is 60.3 Å². The maximum absolute atomic E-state index is 13.9. The second-order valence-corrected chi connectivity index (χ2v) is 10.9. The molecule has 33 heavy (non-hydrogen) atoms. The number of Topliss-reactive ketones (excluding diaryl/α,β-unsaturated/α-hetero) is 2. The SMILES string of the molecule is C=C(C)C1=CC[C@]2(C)[C@H](C[C@@]3(C)C(=C)[C@]2(C(=O)OC)C(=O)[C@](C)(O)C3=O)[C@@]1(C)CCC(=O)O. The Kier molecular flexibility index (Phi) is 5.49. The highest BCUT2D eigenvalue weighted by Gasteiger charge is 2.80. The van der Waals surface area contributed by atoms with Crippen molar-refractivity contribution in [2.45, 2.75) is 65.9 Å². The monoisotopic (exact) mass is 458 g/mol. The molecule has 0 aromatic carbocycles. The second kappa shape index (κ2) is 7.23. The largest absolute Gasteiger partial charge is 0.481 e. The summed E-state index contributed by atoms with van der Waals surface area (Å²) in [5, 5.41) is 20.6. The second-order valence-electron chi connectivity index (χ2n) is 10.9. The van der Waals surface area contributed by atoms with E-state index in [0.717, 1.165) is 18.1 Å². The summed E-state index contributed by atoms with van der Waals surface area (Å²) in [6, 6.07) is 0. The number of hydrogen-bond donors (Lipinski definition) is 2. The van der Waals surface area contributed by atoms with E-state index in [1.54, 1.807) is 13.8 Å². The lowest BCUT2D eigenvalue weighted by Crippen LogP contribution is -2.76. The van der Waals surface area contributed by atoms with Gasteiger partial charge in [-0.2, -0.15) is 0 Å². The number of allylic oxidation sites excluding steroid dienone is 3. The average Bonchev–Trinajstić information content (AvgIpc) is 2.72. The van der Waals surface area contributed by atoms with E-state index >= 15 is 0 Å². The van der Waals surface area contributed by atoms with E-state index in [1.165, 1.54) is 7.11 Å². The Labute approximate surface area is 194 Å². The lowest BCUT2D eigenvalue weighted by molar-refractivity contribution is -0.200. The van der Waals surface area contributed by atoms with Gasteiger partial charge < -0.3 is 14.9 Å². The number of aliphatic carboxylic acids is 1. The molecule has 0 heterocycles. The predicted octanol–water partition coefficient (Wildman–Crippen LogP) is 3.41. The number of methoxy groups -OCH3 is 1. The molecule has 3 aliphatic rings. The molecule has 6 atom stereocenters. The fraction of sp³-hybridized carbons (Fsp3) is 0.615. The summed E-state index contributed by atoms with van der Waals surface area (Å²) in [4.78, 5) is 52.5. The molecule has 0 spiro atoms. The Morgan fingerprint density at radius 3 is 2.24 bits per heavy atom. The molecule has 0 saturated heterocycles. The van der Waals surface area contributed by atoms with Crippen LogP contribution in [0.5, 0.6) is 0 Å². The molecule has 7 nitrogen and oxygen atoms in total. The lowest BCUT2D eigenvalue weighted by atomic mass is 9.33. The number of aliphatic hydroxyl groups is 1. The van der Waals surface area contributed by atoms with Crippen molar-refractivity contribution in [3.05, 3.63) is 36.0 Å². The van der Waals surface area contributed by atoms with E-state index in [2.05, 4.69) is 13.2 Å². The third-order valence-electron chi connectivity index (χ3n) is 9.01. The van der Waals surface area contributed by atoms with E-state index in [0.29, 0.717) is 0 Å². The molecule has 2 fully saturated rings. The minimum atomic E-state index is -2.38. The Morgan fingerprint density at radius 1 is 1.18 bits per heavy atom. The van der Waals surface area contributed by atoms with Crippen LogP contribution in [0.4, 0.5) is 0 Å². The lowest BCUT2D eigenvalue weighted by Gasteiger charge is -2.68. The van der Waals surface area contributed by atoms with Gasteiger partial charge in [0.1, 0.15) is 0 Å². The van der Waals surface area contributed by atoms with Crippen LogP contribution in [0.3, 0.4) is 0 Å². The smallest absolute Gasteiger partial charge is 0.324 e. The van der Waals surface area contributed by atoms with Crippen molar-refractivity contribution in [3.8, 4) is 0 Å². The molecule has 0 aliphatic heterocycles. The number of carboxylic acids is 1. The standard InChI is InChI=1S/C26H34O7/c1-14(2)16-9-12-24(6)17(22(16,4)11-10-18(27)28)13-23(5)15(3)26(24,21(31)33-8)20(30)25(7,32)19(23)29/h9,17,32H,1,3,10-13H2,2,4-8H3,(H,27,28)/t17-,22+,23+,24-,25-,26-/m1/s1. The molecule has 3 rings (SSSR count). The summed E-state index contributed by atoms with van der Waals surface area (Å²) >= 11 is 0. The van der Waals surface area contributed by atoms with Crippen molar-refractivity contribution in [2.24, 2.45) is 27.6 Å². The van der Waals surface area contributed by atoms with Gasteiger partial charge in [-0.15, -0.1) is 0 Å². The topological polar surface area (TPSA) is 118 Å². The molecule has 0 amide bonds. The van der Waals surface area contributed by atoms with Gasteiger partial charge in [0.25, 0.3) is 0 Å². The van der Waals surface area contributed by atoms with Gasteiger partial charge in [0.2, 0.25) is 0 Å². The number of hydrogen-bond acceptors (Lipinski definition) is 6. The Morgan fingerprint density at radius 2 is 1.76 bits per heavy atom. The van der Waals surface area contributed by atoms with Crippen molar-refractivity contribution in [1.82, 2.24) is 0 Å². The summed E-state index contributed by atoms with van der Waals surface area (Å²) in [5.41, 5.74) is -5.83. The van der Waals surface area contributed by atoms with Crippen LogP contribution in [-0.4, -0.2) is 46.4 Å². The number of ketones is 2. The first-order chi connectivity index (χ1) is 15.0. The van der Waals surface area contributed by atoms with Crippen LogP contribution < -0.4 is 0 Å². The molecular formula is C26H34O7. The first-order valence-corrected chi connectivity index (χ1v) is 11.2. The number of fused-ring (bicyclic) bond motifs is 4. The Bertz CT molecular complexity index is 1020. The number of esters is 1. The molecular weight excluding hydrogens is 424 g/mol. The van der Waals surface area contributed by atoms with E-state index in [4.69, 9.17) is 4.74 Å². The summed E-state index contributed by atoms with van der Waals surface area (Å²) in [5.74, 6) is -3.89. The highest BCUT2D eigenvalue weighted by Crippen LogP contribution is 2.74. The maximum Gasteiger partial charge on any atom is 0.324 e. The number of rotatable bonds is 5. The van der Waals surface area contributed by atoms with E-state index < -0.39 is 56.7 Å². The maximum atomic E-state index is 13.9. The van der Waals surface area contributed by atoms with Crippen molar-refractivity contribution in [2.75, 3.05) is 7.11 Å². The van der Waals surface area contributed by atoms with Gasteiger partial charge in [-0.3, -0.25) is 19.2 Å². The fourth-order valence-electron chi connectivity index (χ4n) is 7.31. The predicted molar refractivity (Wildman–Crippen MR) is 121 cm³/mol. The molecule has 2 N–H and O–H groups in total. The van der Waals surface area contributed by atoms with Crippen LogP contribution in [0.15, 0.2) is 36.0 Å². The van der Waals surface area contributed by atoms with Gasteiger partial charge in [0.05, 0.1) is 12.5 Å². The van der Waals surface area contributed by atoms with Crippen molar-refractivity contribution >= 4 is 23.5 Å². The van der Waals surface area contributed by atoms with Crippen molar-refractivity contribution in [3.63, 3.8) is 0 Å². The normalized spacial score (nSPS) is 42.3. The van der Waals surface area contributed by atoms with Gasteiger partial charge in [-0.1, -0.05) is 38.7 Å². The highest BCUT2D eigenvalue weighted by atomic mass is 16.5. The minimum absolute atomic E-state index is 0.129. The van der Waals surface area contributed by atoms with E-state index in [9.17, 15) is 29.4 Å². The van der Waals surface area contributed by atoms with Gasteiger partial charge >= 0.3 is 11.9 Å². The zero-order valence-corrected chi connectivity index (χ0v) is 20.3. The van der Waals surface area contributed by atoms with Crippen LogP contribution in [0.25, 0.3) is 0 Å². The summed E-state index contributed by atoms with van der Waals surface area (Å²) in [7, 11) is 1.18. The minimum Gasteiger partial charge on any atom is -0.481 e. The van der Waals surface area contributed by atoms with Gasteiger partial charge in [-0.25, -0.2) is 0 Å². The fourth-order valence-corrected chi connectivity index (χ4v) is 7.31. The first kappa shape index (κ1) is 25.1. The molecule has 0 unspecified atom stereocenters. The van der Waals surface area contributed by atoms with Crippen molar-refractivity contribution in [1.29, 1.82) is 0 Å². The molecule has 0 aromatic heterocycles. The zero-order valence-electron chi connectivity index (χ0n) is 20.3. The number of carbonyl (C=O) groups is 4. The summed E-state index contributed by atoms with van der Waals surface area (Å²) in [6.45, 7) is 16.5. The average molecular weight is 459 g/mol. The van der Waals surface area contributed by atoms with Crippen LogP contribution in [0.2, 0.25) is 0 Å². The van der Waals surface area contributed by atoms with Crippen LogP contribution in [-0.2, 0) is 23.9 Å². The Hall–Kier alpha value is -2.54. The summed E-state index contributed by atoms with van der Waals surface area (Å²) < 4.78 is 5.16. The van der Waals surface area contributed by atoms with Crippen LogP contribution >= 0.6 is 0 Å². The van der Waals surface area contributed by atoms with Crippen molar-refractivity contribution < 1.29 is 34.1 Å². The number of carboxylic acid groups (broad SMARTS) is 1. The Balaban J connectivity index is 2.43. The molecule has 0 aromatic rings. The number of carbonyl (C=O) groups excluding carboxylic acids is 3. The molecule has 180 valence electrons. The molecule has 3 aliphatic carbocycles. The van der Waals surface area contributed by atoms with Gasteiger partial charge in [0.15, 0.2) is 22.6 Å². The third kappa shape index (κ3) is 2.78. The third-order valence-corrected chi connectivity index (χ3v) is 9.01. The molecule has 2 bridgehead atoms. The molecule has 7 heteroatoms. The summed E-state index contributed by atoms with van der Waals surface area (Å²) in [6.07, 6.45) is 2.52. The van der Waals surface area contributed by atoms with E-state index in [1.807, 2.05) is 19.9 Å². The highest BCUT2D eigenvalue weighted by molar-refractivity contribution is 6.26. The first-order valence-electron chi connectivity index (χ1n) is 11.2. The van der Waals surface area contributed by atoms with Gasteiger partial charge in [-0.05, 0) is 62.5 Å². The number of ether oxygens (including phenoxy) is 1. The van der Waals surface area contributed by atoms with Gasteiger partial charge in [0, 0.05) is 11.8 Å². The molecule has 2 saturated carbocycles. The van der Waals surface area contributed by atoms with E-state index in [-0.39, 0.29) is 31.3 Å².